The Morgan fingerprint density at radius 1 is 0.842 bits per heavy atom. The summed E-state index contributed by atoms with van der Waals surface area (Å²) in [4.78, 5) is 26.0. The van der Waals surface area contributed by atoms with E-state index in [0.29, 0.717) is 25.9 Å². The zero-order valence-corrected chi connectivity index (χ0v) is 12.3. The van der Waals surface area contributed by atoms with Crippen LogP contribution in [0.25, 0.3) is 0 Å². The molecule has 112 valence electrons. The third kappa shape index (κ3) is 8.56. The Kier molecular flexibility index (Phi) is 7.63. The van der Waals surface area contributed by atoms with Crippen LogP contribution in [0.2, 0.25) is 0 Å². The molecule has 0 aliphatic rings. The Labute approximate surface area is 115 Å². The average Bonchev–Trinajstić information content (AvgIpc) is 2.22. The summed E-state index contributed by atoms with van der Waals surface area (Å²) in [5.74, 6) is -1.86. The van der Waals surface area contributed by atoms with E-state index in [0.717, 1.165) is 0 Å². The summed E-state index contributed by atoms with van der Waals surface area (Å²) in [5.41, 5.74) is -0.674. The first-order valence-corrected chi connectivity index (χ1v) is 6.40. The minimum Gasteiger partial charge on any atom is -0.481 e. The molecule has 6 nitrogen and oxygen atoms in total. The fourth-order valence-corrected chi connectivity index (χ4v) is 2.10. The number of carboxylic acid groups (broad SMARTS) is 2. The lowest BCUT2D eigenvalue weighted by Crippen LogP contribution is -2.34. The van der Waals surface area contributed by atoms with Crippen LogP contribution in [0, 0.1) is 5.41 Å². The third-order valence-electron chi connectivity index (χ3n) is 3.23. The topological polar surface area (TPSA) is 81.1 Å². The van der Waals surface area contributed by atoms with Crippen molar-refractivity contribution in [2.24, 2.45) is 5.41 Å². The highest BCUT2D eigenvalue weighted by Crippen LogP contribution is 2.35. The fourth-order valence-electron chi connectivity index (χ4n) is 2.10. The SMILES string of the molecule is CN(C)CCC(CCN(C)C)(CC(=O)O)CC(=O)O. The van der Waals surface area contributed by atoms with Gasteiger partial charge < -0.3 is 20.0 Å². The molecule has 0 aromatic rings. The van der Waals surface area contributed by atoms with Crippen molar-refractivity contribution >= 4 is 11.9 Å². The summed E-state index contributed by atoms with van der Waals surface area (Å²) >= 11 is 0. The van der Waals surface area contributed by atoms with Gasteiger partial charge in [0.1, 0.15) is 0 Å². The molecule has 0 atom stereocenters. The van der Waals surface area contributed by atoms with Gasteiger partial charge in [0, 0.05) is 0 Å². The Balaban J connectivity index is 4.94. The molecule has 0 rings (SSSR count). The van der Waals surface area contributed by atoms with Crippen LogP contribution in [-0.2, 0) is 9.59 Å². The quantitative estimate of drug-likeness (QED) is 0.614. The van der Waals surface area contributed by atoms with Crippen LogP contribution in [0.1, 0.15) is 25.7 Å². The number of hydrogen-bond donors (Lipinski definition) is 2. The van der Waals surface area contributed by atoms with Crippen molar-refractivity contribution in [1.82, 2.24) is 9.80 Å². The second-order valence-corrected chi connectivity index (χ2v) is 5.75. The van der Waals surface area contributed by atoms with Gasteiger partial charge in [0.15, 0.2) is 0 Å². The maximum Gasteiger partial charge on any atom is 0.303 e. The van der Waals surface area contributed by atoms with Crippen molar-refractivity contribution < 1.29 is 19.8 Å². The van der Waals surface area contributed by atoms with Crippen molar-refractivity contribution in [3.05, 3.63) is 0 Å². The summed E-state index contributed by atoms with van der Waals surface area (Å²) in [6.45, 7) is 1.38. The summed E-state index contributed by atoms with van der Waals surface area (Å²) in [6.07, 6.45) is 0.959. The first-order chi connectivity index (χ1) is 8.67. The molecule has 0 fully saturated rings. The molecular formula is C13H26N2O4. The standard InChI is InChI=1S/C13H26N2O4/c1-14(2)7-5-13(9-11(16)17,10-12(18)19)6-8-15(3)4/h5-10H2,1-4H3,(H,16,17)(H,18,19). The zero-order valence-electron chi connectivity index (χ0n) is 12.3. The van der Waals surface area contributed by atoms with E-state index < -0.39 is 17.4 Å². The molecule has 2 N–H and O–H groups in total. The highest BCUT2D eigenvalue weighted by atomic mass is 16.4. The monoisotopic (exact) mass is 274 g/mol. The fraction of sp³-hybridized carbons (Fsp3) is 0.846. The smallest absolute Gasteiger partial charge is 0.303 e. The Morgan fingerprint density at radius 3 is 1.37 bits per heavy atom. The average molecular weight is 274 g/mol. The van der Waals surface area contributed by atoms with Crippen LogP contribution in [0.5, 0.6) is 0 Å². The molecule has 0 bridgehead atoms. The number of hydrogen-bond acceptors (Lipinski definition) is 4. The predicted molar refractivity (Wildman–Crippen MR) is 73.3 cm³/mol. The van der Waals surface area contributed by atoms with Crippen LogP contribution >= 0.6 is 0 Å². The number of carbonyl (C=O) groups is 2. The Morgan fingerprint density at radius 2 is 1.16 bits per heavy atom. The molecule has 0 radical (unpaired) electrons. The first kappa shape index (κ1) is 17.9. The molecule has 19 heavy (non-hydrogen) atoms. The maximum absolute atomic E-state index is 11.1. The van der Waals surface area contributed by atoms with Crippen molar-refractivity contribution in [3.63, 3.8) is 0 Å². The van der Waals surface area contributed by atoms with Gasteiger partial charge in [-0.25, -0.2) is 0 Å². The van der Waals surface area contributed by atoms with E-state index in [-0.39, 0.29) is 12.8 Å². The van der Waals surface area contributed by atoms with E-state index in [1.54, 1.807) is 0 Å². The molecule has 0 amide bonds. The number of carboxylic acids is 2. The number of aliphatic carboxylic acids is 2. The molecule has 0 unspecified atom stereocenters. The molecule has 0 spiro atoms. The van der Waals surface area contributed by atoms with Crippen LogP contribution in [0.3, 0.4) is 0 Å². The molecule has 0 saturated carbocycles. The van der Waals surface area contributed by atoms with Crippen LogP contribution < -0.4 is 0 Å². The summed E-state index contributed by atoms with van der Waals surface area (Å²) in [7, 11) is 7.60. The minimum atomic E-state index is -0.932. The highest BCUT2D eigenvalue weighted by molar-refractivity contribution is 5.72. The highest BCUT2D eigenvalue weighted by Gasteiger charge is 2.35. The summed E-state index contributed by atoms with van der Waals surface area (Å²) < 4.78 is 0. The van der Waals surface area contributed by atoms with Gasteiger partial charge in [0.25, 0.3) is 0 Å². The van der Waals surface area contributed by atoms with Gasteiger partial charge in [0.2, 0.25) is 0 Å². The van der Waals surface area contributed by atoms with Crippen LogP contribution in [0.15, 0.2) is 0 Å². The second-order valence-electron chi connectivity index (χ2n) is 5.75. The molecular weight excluding hydrogens is 248 g/mol. The number of rotatable bonds is 10. The molecule has 0 saturated heterocycles. The van der Waals surface area contributed by atoms with E-state index in [2.05, 4.69) is 0 Å². The number of nitrogens with zero attached hydrogens (tertiary/aromatic N) is 2. The van der Waals surface area contributed by atoms with Crippen molar-refractivity contribution in [2.75, 3.05) is 41.3 Å². The maximum atomic E-state index is 11.1. The van der Waals surface area contributed by atoms with Gasteiger partial charge in [0.05, 0.1) is 12.8 Å². The Bertz CT molecular complexity index is 273. The Hall–Kier alpha value is -1.14. The van der Waals surface area contributed by atoms with Gasteiger partial charge in [-0.05, 0) is 59.5 Å². The normalized spacial score (nSPS) is 12.1. The summed E-state index contributed by atoms with van der Waals surface area (Å²) in [5, 5.41) is 18.1. The molecule has 0 heterocycles. The molecule has 0 aliphatic heterocycles. The molecule has 6 heteroatoms. The van der Waals surface area contributed by atoms with Crippen molar-refractivity contribution in [3.8, 4) is 0 Å². The van der Waals surface area contributed by atoms with E-state index in [4.69, 9.17) is 10.2 Å². The second kappa shape index (κ2) is 8.12. The van der Waals surface area contributed by atoms with E-state index in [1.165, 1.54) is 0 Å². The van der Waals surface area contributed by atoms with E-state index in [9.17, 15) is 9.59 Å². The van der Waals surface area contributed by atoms with Gasteiger partial charge >= 0.3 is 11.9 Å². The lowest BCUT2D eigenvalue weighted by molar-refractivity contribution is -0.144. The lowest BCUT2D eigenvalue weighted by Gasteiger charge is -2.33. The van der Waals surface area contributed by atoms with Gasteiger partial charge in [-0.15, -0.1) is 0 Å². The van der Waals surface area contributed by atoms with Crippen molar-refractivity contribution in [1.29, 1.82) is 0 Å². The predicted octanol–water partition coefficient (Wildman–Crippen LogP) is 0.826. The van der Waals surface area contributed by atoms with Gasteiger partial charge in [-0.2, -0.15) is 0 Å². The van der Waals surface area contributed by atoms with E-state index in [1.807, 2.05) is 38.0 Å². The molecule has 0 aromatic heterocycles. The minimum absolute atomic E-state index is 0.0962. The summed E-state index contributed by atoms with van der Waals surface area (Å²) in [6, 6.07) is 0. The van der Waals surface area contributed by atoms with Crippen molar-refractivity contribution in [2.45, 2.75) is 25.7 Å². The lowest BCUT2D eigenvalue weighted by atomic mass is 9.75. The van der Waals surface area contributed by atoms with Gasteiger partial charge in [-0.3, -0.25) is 9.59 Å². The van der Waals surface area contributed by atoms with Crippen LogP contribution in [-0.4, -0.2) is 73.2 Å². The zero-order chi connectivity index (χ0) is 15.1. The first-order valence-electron chi connectivity index (χ1n) is 6.40. The van der Waals surface area contributed by atoms with Crippen LogP contribution in [0.4, 0.5) is 0 Å². The largest absolute Gasteiger partial charge is 0.481 e. The molecule has 0 aromatic carbocycles. The molecule has 0 aliphatic carbocycles. The van der Waals surface area contributed by atoms with E-state index >= 15 is 0 Å². The third-order valence-corrected chi connectivity index (χ3v) is 3.23. The van der Waals surface area contributed by atoms with Gasteiger partial charge in [-0.1, -0.05) is 0 Å².